The minimum absolute atomic E-state index is 0.00167. The molecule has 0 saturated heterocycles. The lowest BCUT2D eigenvalue weighted by atomic mass is 9.89. The number of benzene rings is 1. The van der Waals surface area contributed by atoms with Gasteiger partial charge in [0.2, 0.25) is 0 Å². The summed E-state index contributed by atoms with van der Waals surface area (Å²) in [6.45, 7) is 9.34. The molecule has 1 aromatic heterocycles. The fraction of sp³-hybridized carbons (Fsp3) is 0.382. The number of amides is 3. The topological polar surface area (TPSA) is 155 Å². The van der Waals surface area contributed by atoms with Crippen LogP contribution in [-0.4, -0.2) is 57.7 Å². The van der Waals surface area contributed by atoms with E-state index in [1.165, 1.54) is 11.0 Å². The number of aliphatic imine (C=N–C) groups is 1. The van der Waals surface area contributed by atoms with E-state index in [9.17, 15) is 29.1 Å². The molecule has 0 saturated carbocycles. The van der Waals surface area contributed by atoms with Gasteiger partial charge in [0.15, 0.2) is 5.84 Å². The fourth-order valence-corrected chi connectivity index (χ4v) is 5.60. The number of hydrogen-bond acceptors (Lipinski definition) is 8. The SMILES string of the molecule is CCOC(=O)/C(Cl)=C/c1cc(N2C(=O)C3=C(CCCC3)C2=O)ccc1Cl.CCc1cnc(C2=NC(C)(C(C)C)C(=O)N2)c(C(=O)O)c1. The van der Waals surface area contributed by atoms with E-state index in [0.29, 0.717) is 46.7 Å². The van der Waals surface area contributed by atoms with Gasteiger partial charge in [-0.15, -0.1) is 0 Å². The first kappa shape index (κ1) is 35.5. The Balaban J connectivity index is 0.000000218. The van der Waals surface area contributed by atoms with Gasteiger partial charge in [-0.1, -0.05) is 44.0 Å². The van der Waals surface area contributed by atoms with Gasteiger partial charge in [-0.05, 0) is 93.3 Å². The van der Waals surface area contributed by atoms with E-state index in [0.717, 1.165) is 18.4 Å². The molecule has 5 rings (SSSR count). The molecule has 1 unspecified atom stereocenters. The fourth-order valence-electron chi connectivity index (χ4n) is 5.25. The Kier molecular flexibility index (Phi) is 11.0. The minimum atomic E-state index is -1.08. The Morgan fingerprint density at radius 1 is 1.11 bits per heavy atom. The minimum Gasteiger partial charge on any atom is -0.478 e. The first-order valence-corrected chi connectivity index (χ1v) is 16.1. The number of carboxylic acid groups (broad SMARTS) is 1. The van der Waals surface area contributed by atoms with Gasteiger partial charge in [0.1, 0.15) is 16.3 Å². The Morgan fingerprint density at radius 3 is 2.28 bits per heavy atom. The third-order valence-corrected chi connectivity index (χ3v) is 8.96. The summed E-state index contributed by atoms with van der Waals surface area (Å²) < 4.78 is 4.84. The number of carbonyl (C=O) groups is 5. The number of amidine groups is 1. The maximum absolute atomic E-state index is 12.7. The summed E-state index contributed by atoms with van der Waals surface area (Å²) in [5.74, 6) is -2.31. The standard InChI is InChI=1S/C19H17Cl2NO4.C15H19N3O3/c1-2-26-19(25)16(21)10-11-9-12(7-8-15(11)20)22-17(23)13-5-3-4-6-14(13)18(22)24;1-5-9-6-10(13(19)20)11(16-7-9)12-17-14(21)15(4,18-12)8(2)3/h7-10H,2-6H2,1H3;6-8H,5H2,1-4H3,(H,19,20)(H,17,18,21)/b16-10-;. The van der Waals surface area contributed by atoms with Crippen molar-refractivity contribution in [3.05, 3.63) is 74.0 Å². The van der Waals surface area contributed by atoms with Gasteiger partial charge in [-0.25, -0.2) is 19.5 Å². The molecule has 11 nitrogen and oxygen atoms in total. The number of imide groups is 1. The number of aromatic carboxylic acids is 1. The maximum Gasteiger partial charge on any atom is 0.349 e. The number of carboxylic acids is 1. The summed E-state index contributed by atoms with van der Waals surface area (Å²) in [7, 11) is 0. The highest BCUT2D eigenvalue weighted by molar-refractivity contribution is 6.43. The molecule has 0 radical (unpaired) electrons. The summed E-state index contributed by atoms with van der Waals surface area (Å²) in [5, 5.41) is 12.2. The molecular weight excluding hydrogens is 647 g/mol. The molecule has 248 valence electrons. The third-order valence-electron chi connectivity index (χ3n) is 8.35. The number of nitrogens with zero attached hydrogens (tertiary/aromatic N) is 3. The lowest BCUT2D eigenvalue weighted by Crippen LogP contribution is -2.41. The van der Waals surface area contributed by atoms with E-state index in [4.69, 9.17) is 27.9 Å². The molecular formula is C34H36Cl2N4O7. The van der Waals surface area contributed by atoms with Gasteiger partial charge in [0.25, 0.3) is 17.7 Å². The van der Waals surface area contributed by atoms with Gasteiger partial charge in [-0.3, -0.25) is 19.4 Å². The number of aryl methyl sites for hydroxylation is 1. The molecule has 2 N–H and O–H groups in total. The average Bonchev–Trinajstić information content (AvgIpc) is 3.50. The zero-order valence-electron chi connectivity index (χ0n) is 26.8. The van der Waals surface area contributed by atoms with Crippen LogP contribution < -0.4 is 10.2 Å². The van der Waals surface area contributed by atoms with Crippen LogP contribution in [0.25, 0.3) is 6.08 Å². The number of pyridine rings is 1. The van der Waals surface area contributed by atoms with Gasteiger partial charge in [-0.2, -0.15) is 0 Å². The number of nitrogens with one attached hydrogen (secondary N) is 1. The molecule has 1 atom stereocenters. The molecule has 3 aliphatic rings. The first-order valence-electron chi connectivity index (χ1n) is 15.3. The van der Waals surface area contributed by atoms with Crippen molar-refractivity contribution in [3.8, 4) is 0 Å². The van der Waals surface area contributed by atoms with Crippen LogP contribution in [0.15, 0.2) is 51.6 Å². The molecule has 0 fully saturated rings. The van der Waals surface area contributed by atoms with Crippen molar-refractivity contribution in [2.24, 2.45) is 10.9 Å². The van der Waals surface area contributed by atoms with Crippen molar-refractivity contribution >= 4 is 70.5 Å². The Morgan fingerprint density at radius 2 is 1.74 bits per heavy atom. The predicted molar refractivity (Wildman–Crippen MR) is 178 cm³/mol. The van der Waals surface area contributed by atoms with Crippen molar-refractivity contribution in [3.63, 3.8) is 0 Å². The summed E-state index contributed by atoms with van der Waals surface area (Å²) in [5.41, 5.74) is 2.24. The highest BCUT2D eigenvalue weighted by Gasteiger charge is 2.43. The molecule has 2 aliphatic heterocycles. The molecule has 13 heteroatoms. The van der Waals surface area contributed by atoms with E-state index >= 15 is 0 Å². The van der Waals surface area contributed by atoms with Crippen molar-refractivity contribution in [2.45, 2.75) is 72.3 Å². The second kappa shape index (κ2) is 14.6. The van der Waals surface area contributed by atoms with Crippen LogP contribution in [0.1, 0.15) is 87.5 Å². The van der Waals surface area contributed by atoms with Gasteiger partial charge >= 0.3 is 11.9 Å². The predicted octanol–water partition coefficient (Wildman–Crippen LogP) is 5.86. The van der Waals surface area contributed by atoms with Crippen LogP contribution >= 0.6 is 23.2 Å². The second-order valence-electron chi connectivity index (χ2n) is 11.6. The lowest BCUT2D eigenvalue weighted by Gasteiger charge is -2.21. The Labute approximate surface area is 282 Å². The van der Waals surface area contributed by atoms with Crippen molar-refractivity contribution < 1.29 is 33.8 Å². The van der Waals surface area contributed by atoms with Gasteiger partial charge in [0, 0.05) is 22.4 Å². The largest absolute Gasteiger partial charge is 0.478 e. The molecule has 0 spiro atoms. The molecule has 1 aliphatic carbocycles. The van der Waals surface area contributed by atoms with Crippen LogP contribution in [0.4, 0.5) is 5.69 Å². The van der Waals surface area contributed by atoms with Gasteiger partial charge < -0.3 is 15.2 Å². The highest BCUT2D eigenvalue weighted by atomic mass is 35.5. The van der Waals surface area contributed by atoms with Crippen LogP contribution in [0.2, 0.25) is 5.02 Å². The van der Waals surface area contributed by atoms with Crippen LogP contribution in [0.5, 0.6) is 0 Å². The summed E-state index contributed by atoms with van der Waals surface area (Å²) in [6.07, 6.45) is 6.75. The number of rotatable bonds is 8. The molecule has 1 aromatic carbocycles. The number of halogens is 2. The normalized spacial score (nSPS) is 19.3. The molecule has 3 heterocycles. The Bertz CT molecular complexity index is 1720. The molecule has 2 aromatic rings. The molecule has 0 bridgehead atoms. The highest BCUT2D eigenvalue weighted by Crippen LogP contribution is 2.37. The number of aromatic nitrogens is 1. The van der Waals surface area contributed by atoms with E-state index in [1.54, 1.807) is 44.3 Å². The quantitative estimate of drug-likeness (QED) is 0.199. The smallest absolute Gasteiger partial charge is 0.349 e. The van der Waals surface area contributed by atoms with E-state index in [1.807, 2.05) is 20.8 Å². The Hall–Kier alpha value is -4.35. The van der Waals surface area contributed by atoms with Crippen molar-refractivity contribution in [2.75, 3.05) is 11.5 Å². The zero-order chi connectivity index (χ0) is 34.6. The summed E-state index contributed by atoms with van der Waals surface area (Å²) in [6, 6.07) is 6.31. The summed E-state index contributed by atoms with van der Waals surface area (Å²) in [4.78, 5) is 70.3. The maximum atomic E-state index is 12.7. The van der Waals surface area contributed by atoms with Crippen molar-refractivity contribution in [1.82, 2.24) is 10.3 Å². The third kappa shape index (κ3) is 7.31. The zero-order valence-corrected chi connectivity index (χ0v) is 28.3. The lowest BCUT2D eigenvalue weighted by molar-refractivity contribution is -0.137. The number of ether oxygens (including phenoxy) is 1. The number of carbonyl (C=O) groups excluding carboxylic acids is 4. The molecule has 3 amide bonds. The number of anilines is 1. The number of esters is 1. The first-order chi connectivity index (χ1) is 22.2. The average molecular weight is 684 g/mol. The van der Waals surface area contributed by atoms with Crippen LogP contribution in [0, 0.1) is 5.92 Å². The van der Waals surface area contributed by atoms with E-state index < -0.39 is 17.5 Å². The van der Waals surface area contributed by atoms with Crippen LogP contribution in [-0.2, 0) is 30.3 Å². The van der Waals surface area contributed by atoms with Gasteiger partial charge in [0.05, 0.1) is 17.9 Å². The van der Waals surface area contributed by atoms with E-state index in [-0.39, 0.29) is 52.4 Å². The van der Waals surface area contributed by atoms with Crippen molar-refractivity contribution in [1.29, 1.82) is 0 Å². The second-order valence-corrected chi connectivity index (χ2v) is 12.5. The monoisotopic (exact) mass is 682 g/mol. The molecule has 47 heavy (non-hydrogen) atoms. The van der Waals surface area contributed by atoms with E-state index in [2.05, 4.69) is 15.3 Å². The van der Waals surface area contributed by atoms with Crippen LogP contribution in [0.3, 0.4) is 0 Å². The number of hydrogen-bond donors (Lipinski definition) is 2. The summed E-state index contributed by atoms with van der Waals surface area (Å²) >= 11 is 12.1.